The first-order valence-electron chi connectivity index (χ1n) is 17.2. The number of halogens is 6. The van der Waals surface area contributed by atoms with Crippen molar-refractivity contribution in [3.63, 3.8) is 0 Å². The predicted molar refractivity (Wildman–Crippen MR) is 202 cm³/mol. The summed E-state index contributed by atoms with van der Waals surface area (Å²) in [5, 5.41) is 17.1. The molecule has 0 spiro atoms. The molecule has 0 aliphatic heterocycles. The fraction of sp³-hybridized carbons (Fsp3) is 0.286. The zero-order valence-corrected chi connectivity index (χ0v) is 30.8. The van der Waals surface area contributed by atoms with Gasteiger partial charge in [-0.25, -0.2) is 0 Å². The van der Waals surface area contributed by atoms with Crippen molar-refractivity contribution in [3.05, 3.63) is 150 Å². The zero-order chi connectivity index (χ0) is 37.2. The van der Waals surface area contributed by atoms with E-state index in [0.29, 0.717) is 21.5 Å². The molecule has 1 aliphatic carbocycles. The quantitative estimate of drug-likeness (QED) is 0.114. The molecule has 1 saturated carbocycles. The van der Waals surface area contributed by atoms with Crippen LogP contribution in [0.2, 0.25) is 0 Å². The summed E-state index contributed by atoms with van der Waals surface area (Å²) in [7, 11) is 1.50. The highest BCUT2D eigenvalue weighted by Crippen LogP contribution is 2.57. The largest absolute Gasteiger partial charge is 0.416 e. The van der Waals surface area contributed by atoms with Gasteiger partial charge in [0.2, 0.25) is 0 Å². The van der Waals surface area contributed by atoms with Gasteiger partial charge in [-0.2, -0.15) is 26.3 Å². The average molecular weight is 752 g/mol. The van der Waals surface area contributed by atoms with Gasteiger partial charge in [0.25, 0.3) is 0 Å². The van der Waals surface area contributed by atoms with Crippen LogP contribution in [0.4, 0.5) is 26.3 Å². The molecule has 0 saturated heterocycles. The van der Waals surface area contributed by atoms with E-state index in [0.717, 1.165) is 37.1 Å². The van der Waals surface area contributed by atoms with E-state index >= 15 is 0 Å². The van der Waals surface area contributed by atoms with Gasteiger partial charge in [-0.15, -0.1) is 0 Å². The van der Waals surface area contributed by atoms with Crippen LogP contribution in [0.25, 0.3) is 0 Å². The number of aliphatic hydroxyl groups is 1. The van der Waals surface area contributed by atoms with Crippen LogP contribution >= 0.6 is 15.8 Å². The summed E-state index contributed by atoms with van der Waals surface area (Å²) in [5.74, 6) is -0.0778. The maximum atomic E-state index is 13.6. The molecule has 0 heterocycles. The molecule has 1 aliphatic rings. The molecule has 0 bridgehead atoms. The van der Waals surface area contributed by atoms with Crippen LogP contribution in [0, 0.1) is 11.8 Å². The van der Waals surface area contributed by atoms with Crippen molar-refractivity contribution in [2.24, 2.45) is 11.8 Å². The van der Waals surface area contributed by atoms with Crippen LogP contribution in [0.1, 0.15) is 42.6 Å². The third kappa shape index (κ3) is 8.16. The second-order valence-electron chi connectivity index (χ2n) is 13.6. The highest BCUT2D eigenvalue weighted by Gasteiger charge is 2.48. The lowest BCUT2D eigenvalue weighted by atomic mass is 9.82. The summed E-state index contributed by atoms with van der Waals surface area (Å²) in [5.41, 5.74) is -0.871. The minimum atomic E-state index is -4.55. The SMILES string of the molecule is C[C@H](C1CCC(P(c2ccccc2)c2ccccc2)C1C(O)c1ccccc1P(c1ccc(C(F)(F)F)cc1)c1ccc(C(F)(F)F)cc1)N(C)C. The summed E-state index contributed by atoms with van der Waals surface area (Å²) in [6, 6.07) is 38.1. The number of nitrogens with zero attached hydrogens (tertiary/aromatic N) is 1. The van der Waals surface area contributed by atoms with E-state index in [4.69, 9.17) is 0 Å². The van der Waals surface area contributed by atoms with E-state index in [1.807, 2.05) is 74.8 Å². The van der Waals surface area contributed by atoms with Crippen molar-refractivity contribution in [2.45, 2.75) is 49.9 Å². The minimum absolute atomic E-state index is 0.0959. The summed E-state index contributed by atoms with van der Waals surface area (Å²) in [6.45, 7) is 2.18. The summed E-state index contributed by atoms with van der Waals surface area (Å²) in [6.07, 6.45) is -8.25. The first-order valence-corrected chi connectivity index (χ1v) is 20.0. The second-order valence-corrected chi connectivity index (χ2v) is 18.2. The summed E-state index contributed by atoms with van der Waals surface area (Å²) in [4.78, 5) is 2.18. The summed E-state index contributed by atoms with van der Waals surface area (Å²) < 4.78 is 81.8. The molecule has 2 nitrogen and oxygen atoms in total. The van der Waals surface area contributed by atoms with E-state index in [1.54, 1.807) is 0 Å². The summed E-state index contributed by atoms with van der Waals surface area (Å²) >= 11 is 0. The van der Waals surface area contributed by atoms with Gasteiger partial charge in [0.1, 0.15) is 0 Å². The van der Waals surface area contributed by atoms with Crippen molar-refractivity contribution in [2.75, 3.05) is 14.1 Å². The lowest BCUT2D eigenvalue weighted by molar-refractivity contribution is -0.138. The standard InChI is InChI=1S/C42H41F6NOP2/c1-28(49(2)3)35-26-27-38(52(31-12-6-4-7-13-31)32-14-8-5-9-15-32)39(35)40(50)36-16-10-11-17-37(36)51(33-22-18-29(19-23-33)41(43,44)45)34-24-20-30(21-25-34)42(46,47)48/h4-25,28,35,38-40,50H,26-27H2,1-3H3/t28-,35?,38?,39?,40?/m1/s1. The molecule has 0 amide bonds. The topological polar surface area (TPSA) is 23.5 Å². The number of aliphatic hydroxyl groups excluding tert-OH is 1. The van der Waals surface area contributed by atoms with Gasteiger partial charge >= 0.3 is 12.4 Å². The lowest BCUT2D eigenvalue weighted by Crippen LogP contribution is -2.40. The van der Waals surface area contributed by atoms with Gasteiger partial charge in [0.05, 0.1) is 17.2 Å². The number of hydrogen-bond donors (Lipinski definition) is 1. The Morgan fingerprint density at radius 3 is 1.48 bits per heavy atom. The van der Waals surface area contributed by atoms with E-state index in [2.05, 4.69) is 36.1 Å². The highest BCUT2D eigenvalue weighted by atomic mass is 31.1. The fourth-order valence-corrected chi connectivity index (χ4v) is 13.2. The number of alkyl halides is 6. The number of rotatable bonds is 10. The molecule has 0 radical (unpaired) electrons. The van der Waals surface area contributed by atoms with Gasteiger partial charge < -0.3 is 10.0 Å². The van der Waals surface area contributed by atoms with E-state index in [-0.39, 0.29) is 23.5 Å². The van der Waals surface area contributed by atoms with Crippen molar-refractivity contribution in [1.29, 1.82) is 0 Å². The Morgan fingerprint density at radius 1 is 0.596 bits per heavy atom. The Bertz CT molecular complexity index is 1800. The molecule has 4 unspecified atom stereocenters. The predicted octanol–water partition coefficient (Wildman–Crippen LogP) is 8.99. The van der Waals surface area contributed by atoms with Crippen LogP contribution in [0.15, 0.2) is 133 Å². The monoisotopic (exact) mass is 751 g/mol. The second kappa shape index (κ2) is 15.8. The van der Waals surface area contributed by atoms with E-state index in [1.165, 1.54) is 34.9 Å². The Hall–Kier alpha value is -3.54. The molecule has 5 aromatic carbocycles. The average Bonchev–Trinajstić information content (AvgIpc) is 3.56. The van der Waals surface area contributed by atoms with Gasteiger partial charge in [0, 0.05) is 12.0 Å². The third-order valence-electron chi connectivity index (χ3n) is 10.3. The van der Waals surface area contributed by atoms with Crippen molar-refractivity contribution < 1.29 is 31.4 Å². The fourth-order valence-electron chi connectivity index (χ4n) is 7.61. The van der Waals surface area contributed by atoms with Crippen molar-refractivity contribution >= 4 is 42.4 Å². The lowest BCUT2D eigenvalue weighted by Gasteiger charge is -2.39. The molecule has 52 heavy (non-hydrogen) atoms. The van der Waals surface area contributed by atoms with Crippen LogP contribution in [0.3, 0.4) is 0 Å². The molecule has 272 valence electrons. The maximum Gasteiger partial charge on any atom is 0.416 e. The minimum Gasteiger partial charge on any atom is -0.388 e. The Balaban J connectivity index is 1.51. The molecule has 5 atom stereocenters. The van der Waals surface area contributed by atoms with E-state index in [9.17, 15) is 31.4 Å². The Morgan fingerprint density at radius 2 is 1.04 bits per heavy atom. The van der Waals surface area contributed by atoms with Gasteiger partial charge in [-0.1, -0.05) is 109 Å². The molecule has 10 heteroatoms. The van der Waals surface area contributed by atoms with Crippen molar-refractivity contribution in [1.82, 2.24) is 4.90 Å². The van der Waals surface area contributed by atoms with E-state index < -0.39 is 45.4 Å². The van der Waals surface area contributed by atoms with Crippen LogP contribution in [0.5, 0.6) is 0 Å². The first-order chi connectivity index (χ1) is 24.8. The van der Waals surface area contributed by atoms with Gasteiger partial charge in [0.15, 0.2) is 0 Å². The molecular formula is C42H41F6NOP2. The van der Waals surface area contributed by atoms with Crippen LogP contribution in [-0.2, 0) is 12.4 Å². The Kier molecular flexibility index (Phi) is 11.6. The molecule has 1 N–H and O–H groups in total. The smallest absolute Gasteiger partial charge is 0.388 e. The molecular weight excluding hydrogens is 710 g/mol. The van der Waals surface area contributed by atoms with Gasteiger partial charge in [-0.05, 0) is 118 Å². The first kappa shape index (κ1) is 38.2. The third-order valence-corrected chi connectivity index (χ3v) is 15.8. The molecule has 6 rings (SSSR count). The van der Waals surface area contributed by atoms with Crippen molar-refractivity contribution in [3.8, 4) is 0 Å². The van der Waals surface area contributed by atoms with Crippen LogP contribution in [-0.4, -0.2) is 35.8 Å². The van der Waals surface area contributed by atoms with Crippen LogP contribution < -0.4 is 26.5 Å². The maximum absolute atomic E-state index is 13.6. The normalized spacial score (nSPS) is 19.4. The molecule has 1 fully saturated rings. The molecule has 5 aromatic rings. The van der Waals surface area contributed by atoms with Gasteiger partial charge in [-0.3, -0.25) is 0 Å². The zero-order valence-electron chi connectivity index (χ0n) is 29.1. The Labute approximate surface area is 304 Å². The highest BCUT2D eigenvalue weighted by molar-refractivity contribution is 7.80. The number of benzene rings is 5. The molecule has 0 aromatic heterocycles. The number of hydrogen-bond acceptors (Lipinski definition) is 2.